The van der Waals surface area contributed by atoms with Crippen molar-refractivity contribution < 1.29 is 28.7 Å². The molecule has 0 saturated carbocycles. The second kappa shape index (κ2) is 10.1. The van der Waals surface area contributed by atoms with Crippen molar-refractivity contribution in [1.29, 1.82) is 0 Å². The zero-order valence-electron chi connectivity index (χ0n) is 23.1. The van der Waals surface area contributed by atoms with Gasteiger partial charge >= 0.3 is 13.2 Å². The van der Waals surface area contributed by atoms with Gasteiger partial charge in [-0.3, -0.25) is 0 Å². The molecule has 3 atom stereocenters. The van der Waals surface area contributed by atoms with E-state index in [1.165, 1.54) is 0 Å². The Bertz CT molecular complexity index is 1070. The summed E-state index contributed by atoms with van der Waals surface area (Å²) in [4.78, 5) is 15.2. The molecule has 2 aromatic rings. The monoisotopic (exact) mass is 509 g/mol. The van der Waals surface area contributed by atoms with Crippen LogP contribution in [0.5, 0.6) is 0 Å². The Balaban J connectivity index is 1.50. The second-order valence-electron chi connectivity index (χ2n) is 11.7. The van der Waals surface area contributed by atoms with Gasteiger partial charge < -0.3 is 28.8 Å². The summed E-state index contributed by atoms with van der Waals surface area (Å²) in [6.45, 7) is 12.5. The molecule has 2 aliphatic heterocycles. The molecule has 0 aromatic heterocycles. The second-order valence-corrected chi connectivity index (χ2v) is 11.7. The van der Waals surface area contributed by atoms with Crippen molar-refractivity contribution in [3.63, 3.8) is 0 Å². The third-order valence-electron chi connectivity index (χ3n) is 8.11. The van der Waals surface area contributed by atoms with E-state index in [2.05, 4.69) is 0 Å². The van der Waals surface area contributed by atoms with E-state index < -0.39 is 35.6 Å². The molecule has 2 saturated heterocycles. The number of nitrogens with zero attached hydrogens (tertiary/aromatic N) is 1. The molecule has 2 aromatic carbocycles. The Hall–Kier alpha value is -2.39. The van der Waals surface area contributed by atoms with Crippen molar-refractivity contribution in [3.05, 3.63) is 65.7 Å². The van der Waals surface area contributed by atoms with E-state index in [-0.39, 0.29) is 19.1 Å². The van der Waals surface area contributed by atoms with E-state index in [1.54, 1.807) is 18.9 Å². The number of methoxy groups -OCH3 is 1. The molecule has 1 unspecified atom stereocenters. The maximum absolute atomic E-state index is 13.4. The van der Waals surface area contributed by atoms with Crippen LogP contribution in [0, 0.1) is 0 Å². The number of aliphatic hydroxyl groups is 1. The molecular weight excluding hydrogens is 469 g/mol. The van der Waals surface area contributed by atoms with Crippen molar-refractivity contribution in [2.45, 2.75) is 82.8 Å². The van der Waals surface area contributed by atoms with Crippen LogP contribution >= 0.6 is 0 Å². The zero-order valence-corrected chi connectivity index (χ0v) is 23.1. The Labute approximate surface area is 221 Å². The van der Waals surface area contributed by atoms with E-state index in [9.17, 15) is 9.90 Å². The van der Waals surface area contributed by atoms with Gasteiger partial charge in [-0.2, -0.15) is 0 Å². The van der Waals surface area contributed by atoms with Gasteiger partial charge in [0.25, 0.3) is 0 Å². The number of benzene rings is 2. The molecule has 0 spiro atoms. The average molecular weight is 509 g/mol. The SMILES string of the molecule is COC[C@@](C)(O)C[C@]1(c2ccccc2)CCN(C(C)c2ccc(B3OC(C)(C)C(C)(C)O3)cc2)C(=O)O1. The largest absolute Gasteiger partial charge is 0.494 e. The molecule has 7 nitrogen and oxygen atoms in total. The van der Waals surface area contributed by atoms with Gasteiger partial charge in [0.15, 0.2) is 0 Å². The summed E-state index contributed by atoms with van der Waals surface area (Å²) in [5.74, 6) is 0. The average Bonchev–Trinajstić information content (AvgIpc) is 3.06. The molecule has 1 N–H and O–H groups in total. The summed E-state index contributed by atoms with van der Waals surface area (Å²) in [6, 6.07) is 17.5. The summed E-state index contributed by atoms with van der Waals surface area (Å²) in [6.07, 6.45) is 0.402. The summed E-state index contributed by atoms with van der Waals surface area (Å²) in [5.41, 5.74) is -0.0752. The van der Waals surface area contributed by atoms with Gasteiger partial charge in [0.2, 0.25) is 0 Å². The molecule has 0 aliphatic carbocycles. The zero-order chi connectivity index (χ0) is 27.1. The molecule has 37 heavy (non-hydrogen) atoms. The number of amides is 1. The van der Waals surface area contributed by atoms with Gasteiger partial charge in [-0.15, -0.1) is 0 Å². The summed E-state index contributed by atoms with van der Waals surface area (Å²) in [7, 11) is 1.12. The van der Waals surface area contributed by atoms with Crippen molar-refractivity contribution in [3.8, 4) is 0 Å². The third-order valence-corrected chi connectivity index (χ3v) is 8.11. The minimum atomic E-state index is -1.15. The smallest absolute Gasteiger partial charge is 0.438 e. The molecule has 2 heterocycles. The van der Waals surface area contributed by atoms with Crippen LogP contribution in [0.25, 0.3) is 0 Å². The fraction of sp³-hybridized carbons (Fsp3) is 0.552. The van der Waals surface area contributed by atoms with Crippen molar-refractivity contribution in [2.75, 3.05) is 20.3 Å². The molecular formula is C29H40BNO6. The van der Waals surface area contributed by atoms with Crippen LogP contribution in [0.2, 0.25) is 0 Å². The van der Waals surface area contributed by atoms with Crippen LogP contribution in [0.1, 0.15) is 71.6 Å². The summed E-state index contributed by atoms with van der Waals surface area (Å²) >= 11 is 0. The fourth-order valence-corrected chi connectivity index (χ4v) is 5.26. The van der Waals surface area contributed by atoms with Crippen LogP contribution in [-0.2, 0) is 24.4 Å². The standard InChI is InChI=1S/C29H40BNO6/c1-21(22-13-15-24(16-14-22)30-36-26(2,3)27(4,5)37-30)31-18-17-29(35-25(31)32,19-28(6,33)20-34-7)23-11-9-8-10-12-23/h8-16,21,33H,17-20H2,1-7H3/t21?,28-,29-/m0/s1. The van der Waals surface area contributed by atoms with Gasteiger partial charge in [-0.1, -0.05) is 54.6 Å². The molecule has 0 radical (unpaired) electrons. The molecule has 1 amide bonds. The van der Waals surface area contributed by atoms with E-state index in [0.29, 0.717) is 13.0 Å². The maximum atomic E-state index is 13.4. The Morgan fingerprint density at radius 1 is 1.05 bits per heavy atom. The normalized spacial score (nSPS) is 25.5. The third kappa shape index (κ3) is 5.58. The Morgan fingerprint density at radius 3 is 2.19 bits per heavy atom. The molecule has 8 heteroatoms. The van der Waals surface area contributed by atoms with Crippen molar-refractivity contribution >= 4 is 18.7 Å². The molecule has 200 valence electrons. The lowest BCUT2D eigenvalue weighted by molar-refractivity contribution is -0.121. The number of carbonyl (C=O) groups is 1. The van der Waals surface area contributed by atoms with E-state index in [4.69, 9.17) is 18.8 Å². The number of hydrogen-bond donors (Lipinski definition) is 1. The van der Waals surface area contributed by atoms with Gasteiger partial charge in [-0.25, -0.2) is 4.79 Å². The number of carbonyl (C=O) groups excluding carboxylic acids is 1. The first-order valence-electron chi connectivity index (χ1n) is 13.0. The first-order chi connectivity index (χ1) is 17.3. The van der Waals surface area contributed by atoms with E-state index >= 15 is 0 Å². The minimum Gasteiger partial charge on any atom is -0.438 e. The Morgan fingerprint density at radius 2 is 1.65 bits per heavy atom. The highest BCUT2D eigenvalue weighted by Crippen LogP contribution is 2.42. The molecule has 4 rings (SSSR count). The van der Waals surface area contributed by atoms with E-state index in [0.717, 1.165) is 16.6 Å². The summed E-state index contributed by atoms with van der Waals surface area (Å²) < 4.78 is 23.7. The number of ether oxygens (including phenoxy) is 2. The highest BCUT2D eigenvalue weighted by Gasteiger charge is 2.52. The van der Waals surface area contributed by atoms with Crippen LogP contribution in [0.15, 0.2) is 54.6 Å². The van der Waals surface area contributed by atoms with Crippen LogP contribution in [0.3, 0.4) is 0 Å². The number of cyclic esters (lactones) is 1. The topological polar surface area (TPSA) is 77.5 Å². The predicted molar refractivity (Wildman–Crippen MR) is 144 cm³/mol. The van der Waals surface area contributed by atoms with Gasteiger partial charge in [0.05, 0.1) is 29.5 Å². The van der Waals surface area contributed by atoms with Gasteiger partial charge in [-0.05, 0) is 58.1 Å². The van der Waals surface area contributed by atoms with Gasteiger partial charge in [0, 0.05) is 26.5 Å². The molecule has 2 fully saturated rings. The predicted octanol–water partition coefficient (Wildman–Crippen LogP) is 4.57. The van der Waals surface area contributed by atoms with Crippen LogP contribution < -0.4 is 5.46 Å². The minimum absolute atomic E-state index is 0.147. The maximum Gasteiger partial charge on any atom is 0.494 e. The fourth-order valence-electron chi connectivity index (χ4n) is 5.26. The van der Waals surface area contributed by atoms with Crippen molar-refractivity contribution in [1.82, 2.24) is 4.90 Å². The molecule has 0 bridgehead atoms. The lowest BCUT2D eigenvalue weighted by Gasteiger charge is -2.46. The van der Waals surface area contributed by atoms with Crippen molar-refractivity contribution in [2.24, 2.45) is 0 Å². The highest BCUT2D eigenvalue weighted by atomic mass is 16.7. The Kier molecular flexibility index (Phi) is 7.52. The highest BCUT2D eigenvalue weighted by molar-refractivity contribution is 6.62. The lowest BCUT2D eigenvalue weighted by Crippen LogP contribution is -2.52. The lowest BCUT2D eigenvalue weighted by atomic mass is 9.78. The molecule has 2 aliphatic rings. The first-order valence-corrected chi connectivity index (χ1v) is 13.0. The van der Waals surface area contributed by atoms with Crippen LogP contribution in [0.4, 0.5) is 4.79 Å². The first kappa shape index (κ1) is 27.6. The quantitative estimate of drug-likeness (QED) is 0.526. The van der Waals surface area contributed by atoms with E-state index in [1.807, 2.05) is 89.2 Å². The number of rotatable bonds is 8. The number of hydrogen-bond acceptors (Lipinski definition) is 6. The van der Waals surface area contributed by atoms with Crippen LogP contribution in [-0.4, -0.2) is 60.3 Å². The van der Waals surface area contributed by atoms with Gasteiger partial charge in [0.1, 0.15) is 5.60 Å². The summed E-state index contributed by atoms with van der Waals surface area (Å²) in [5, 5.41) is 11.0.